The van der Waals surface area contributed by atoms with E-state index < -0.39 is 0 Å². The van der Waals surface area contributed by atoms with Crippen LogP contribution >= 0.6 is 0 Å². The molecular weight excluding hydrogens is 1070 g/mol. The molecule has 0 radical (unpaired) electrons. The van der Waals surface area contributed by atoms with E-state index in [2.05, 4.69) is 0 Å². The summed E-state index contributed by atoms with van der Waals surface area (Å²) in [6, 6.07) is 0. The Balaban J connectivity index is -0.0000000216. The minimum atomic E-state index is 0. The van der Waals surface area contributed by atoms with Gasteiger partial charge in [-0.05, 0) is 104 Å². The van der Waals surface area contributed by atoms with Crippen molar-refractivity contribution < 1.29 is 63.2 Å². The van der Waals surface area contributed by atoms with Crippen LogP contribution in [0.15, 0.2) is 0 Å². The SMILES string of the molecule is N.N.N.N.N.N.NCCCCCCN.NCCCCCCN.NCCCCCCN.NCCCCCCN.[Pt+2].[Pt+2].[Pt+2]. The number of nitrogens with two attached hydrogens (primary N) is 8. The van der Waals surface area contributed by atoms with Gasteiger partial charge in [-0.2, -0.15) is 0 Å². The van der Waals surface area contributed by atoms with Gasteiger partial charge < -0.3 is 82.8 Å². The van der Waals surface area contributed by atoms with Gasteiger partial charge in [0, 0.05) is 0 Å². The van der Waals surface area contributed by atoms with Crippen molar-refractivity contribution in [2.45, 2.75) is 103 Å². The molecule has 0 rings (SSSR count). The second-order valence-electron chi connectivity index (χ2n) is 7.97. The summed E-state index contributed by atoms with van der Waals surface area (Å²) in [4.78, 5) is 0. The van der Waals surface area contributed by atoms with E-state index >= 15 is 0 Å². The van der Waals surface area contributed by atoms with Crippen LogP contribution in [-0.4, -0.2) is 52.4 Å². The number of hydrogen-bond acceptors (Lipinski definition) is 14. The Morgan fingerprint density at radius 2 is 0.244 bits per heavy atom. The van der Waals surface area contributed by atoms with Crippen LogP contribution in [0, 0.1) is 0 Å². The summed E-state index contributed by atoms with van der Waals surface area (Å²) >= 11 is 0. The summed E-state index contributed by atoms with van der Waals surface area (Å²) in [5.74, 6) is 0. The molecule has 0 saturated heterocycles. The Labute approximate surface area is 299 Å². The normalized spacial score (nSPS) is 7.61. The summed E-state index contributed by atoms with van der Waals surface area (Å²) in [6.07, 6.45) is 19.2. The first-order chi connectivity index (χ1) is 15.7. The van der Waals surface area contributed by atoms with Crippen molar-refractivity contribution in [3.63, 3.8) is 0 Å². The first-order valence-electron chi connectivity index (χ1n) is 13.3. The Morgan fingerprint density at radius 3 is 0.293 bits per heavy atom. The van der Waals surface area contributed by atoms with Crippen LogP contribution in [0.4, 0.5) is 0 Å². The molecular formula is C24H82N14Pt3+6. The molecule has 0 aromatic rings. The second kappa shape index (κ2) is 105. The average molecular weight is 1150 g/mol. The maximum Gasteiger partial charge on any atom is 2.00 e. The molecule has 0 aliphatic heterocycles. The predicted molar refractivity (Wildman–Crippen MR) is 176 cm³/mol. The van der Waals surface area contributed by atoms with E-state index in [1.54, 1.807) is 0 Å². The molecule has 0 aliphatic carbocycles. The molecule has 272 valence electrons. The fourth-order valence-corrected chi connectivity index (χ4v) is 2.57. The van der Waals surface area contributed by atoms with Crippen LogP contribution < -0.4 is 82.8 Å². The third-order valence-corrected chi connectivity index (χ3v) is 4.63. The van der Waals surface area contributed by atoms with Gasteiger partial charge in [0.05, 0.1) is 0 Å². The van der Waals surface area contributed by atoms with Gasteiger partial charge in [-0.15, -0.1) is 0 Å². The van der Waals surface area contributed by atoms with Gasteiger partial charge in [-0.25, -0.2) is 0 Å². The summed E-state index contributed by atoms with van der Waals surface area (Å²) in [5.41, 5.74) is 42.2. The molecule has 41 heavy (non-hydrogen) atoms. The van der Waals surface area contributed by atoms with Crippen LogP contribution in [0.1, 0.15) is 103 Å². The molecule has 0 aliphatic rings. The van der Waals surface area contributed by atoms with E-state index in [1.807, 2.05) is 0 Å². The van der Waals surface area contributed by atoms with Gasteiger partial charge in [-0.1, -0.05) is 51.4 Å². The minimum Gasteiger partial charge on any atom is -0.344 e. The maximum atomic E-state index is 5.28. The summed E-state index contributed by atoms with van der Waals surface area (Å²) in [6.45, 7) is 6.59. The molecule has 14 nitrogen and oxygen atoms in total. The minimum absolute atomic E-state index is 0. The van der Waals surface area contributed by atoms with Crippen LogP contribution in [0.3, 0.4) is 0 Å². The Morgan fingerprint density at radius 1 is 0.171 bits per heavy atom. The van der Waals surface area contributed by atoms with Crippen molar-refractivity contribution in [3.05, 3.63) is 0 Å². The third-order valence-electron chi connectivity index (χ3n) is 4.63. The molecule has 0 bridgehead atoms. The van der Waals surface area contributed by atoms with Crippen molar-refractivity contribution in [1.82, 2.24) is 36.9 Å². The van der Waals surface area contributed by atoms with E-state index in [1.165, 1.54) is 51.4 Å². The van der Waals surface area contributed by atoms with Crippen molar-refractivity contribution in [3.8, 4) is 0 Å². The first kappa shape index (κ1) is 84.1. The summed E-state index contributed by atoms with van der Waals surface area (Å²) in [5, 5.41) is 0. The number of unbranched alkanes of at least 4 members (excludes halogenated alkanes) is 12. The van der Waals surface area contributed by atoms with Gasteiger partial charge in [-0.3, -0.25) is 0 Å². The Hall–Kier alpha value is 1.50. The summed E-state index contributed by atoms with van der Waals surface area (Å²) in [7, 11) is 0. The van der Waals surface area contributed by atoms with E-state index in [0.29, 0.717) is 0 Å². The quantitative estimate of drug-likeness (QED) is 0.0780. The van der Waals surface area contributed by atoms with Crippen molar-refractivity contribution >= 4 is 0 Å². The fourth-order valence-electron chi connectivity index (χ4n) is 2.57. The topological polar surface area (TPSA) is 418 Å². The van der Waals surface area contributed by atoms with Crippen LogP contribution in [0.25, 0.3) is 0 Å². The van der Waals surface area contributed by atoms with Crippen molar-refractivity contribution in [2.75, 3.05) is 52.4 Å². The molecule has 0 amide bonds. The number of hydrogen-bond donors (Lipinski definition) is 14. The van der Waals surface area contributed by atoms with Crippen LogP contribution in [-0.2, 0) is 63.2 Å². The van der Waals surface area contributed by atoms with Gasteiger partial charge in [0.25, 0.3) is 0 Å². The fraction of sp³-hybridized carbons (Fsp3) is 1.00. The molecule has 34 N–H and O–H groups in total. The second-order valence-corrected chi connectivity index (χ2v) is 7.97. The zero-order valence-corrected chi connectivity index (χ0v) is 33.6. The smallest absolute Gasteiger partial charge is 0.344 e. The molecule has 0 aromatic carbocycles. The largest absolute Gasteiger partial charge is 2.00 e. The molecule has 0 fully saturated rings. The molecule has 0 saturated carbocycles. The Bertz CT molecular complexity index is 200. The summed E-state index contributed by atoms with van der Waals surface area (Å²) < 4.78 is 0. The third kappa shape index (κ3) is 140. The zero-order chi connectivity index (χ0) is 25.0. The van der Waals surface area contributed by atoms with E-state index in [9.17, 15) is 0 Å². The van der Waals surface area contributed by atoms with Crippen LogP contribution in [0.5, 0.6) is 0 Å². The monoisotopic (exact) mass is 1150 g/mol. The molecule has 0 aromatic heterocycles. The van der Waals surface area contributed by atoms with Crippen molar-refractivity contribution in [1.29, 1.82) is 0 Å². The first-order valence-corrected chi connectivity index (χ1v) is 13.3. The van der Waals surface area contributed by atoms with Gasteiger partial charge in [0.2, 0.25) is 0 Å². The van der Waals surface area contributed by atoms with E-state index in [4.69, 9.17) is 45.9 Å². The van der Waals surface area contributed by atoms with E-state index in [-0.39, 0.29) is 100 Å². The van der Waals surface area contributed by atoms with Crippen LogP contribution in [0.2, 0.25) is 0 Å². The standard InChI is InChI=1S/4C6H16N2.6H3N.3Pt/c4*7-5-3-1-2-4-6-8;;;;;;;;;/h4*1-8H2;6*1H3;;;/q;;;;;;;;;;3*+2. The van der Waals surface area contributed by atoms with E-state index in [0.717, 1.165) is 104 Å². The van der Waals surface area contributed by atoms with Gasteiger partial charge in [0.15, 0.2) is 0 Å². The average Bonchev–Trinajstić information content (AvgIpc) is 2.82. The van der Waals surface area contributed by atoms with Crippen molar-refractivity contribution in [2.24, 2.45) is 45.9 Å². The number of rotatable bonds is 20. The molecule has 0 unspecified atom stereocenters. The van der Waals surface area contributed by atoms with Gasteiger partial charge >= 0.3 is 63.2 Å². The maximum absolute atomic E-state index is 5.28. The molecule has 0 atom stereocenters. The Kier molecular flexibility index (Phi) is 215. The molecule has 17 heteroatoms. The zero-order valence-electron chi connectivity index (χ0n) is 26.8. The van der Waals surface area contributed by atoms with Gasteiger partial charge in [0.1, 0.15) is 0 Å². The predicted octanol–water partition coefficient (Wildman–Crippen LogP) is 2.82. The molecule has 0 spiro atoms. The molecule has 0 heterocycles.